The summed E-state index contributed by atoms with van der Waals surface area (Å²) in [5, 5.41) is 2.67. The fraction of sp³-hybridized carbons (Fsp3) is 0.0182. The van der Waals surface area contributed by atoms with Crippen LogP contribution in [0.25, 0.3) is 53.6 Å². The smallest absolute Gasteiger partial charge is 0.0714 e. The van der Waals surface area contributed by atoms with Crippen LogP contribution in [0.5, 0.6) is 0 Å². The van der Waals surface area contributed by atoms with Crippen molar-refractivity contribution in [3.8, 4) is 33.4 Å². The van der Waals surface area contributed by atoms with Gasteiger partial charge in [-0.25, -0.2) is 0 Å². The van der Waals surface area contributed by atoms with Crippen molar-refractivity contribution in [2.24, 2.45) is 0 Å². The van der Waals surface area contributed by atoms with Gasteiger partial charge in [0.15, 0.2) is 0 Å². The van der Waals surface area contributed by atoms with E-state index in [4.69, 9.17) is 0 Å². The first-order chi connectivity index (χ1) is 28.3. The zero-order valence-electron chi connectivity index (χ0n) is 31.2. The molecule has 0 radical (unpaired) electrons. The molecular weight excluding hydrogens is 707 g/mol. The number of benzene rings is 9. The molecule has 0 spiro atoms. The van der Waals surface area contributed by atoms with E-state index < -0.39 is 5.41 Å². The van der Waals surface area contributed by atoms with Crippen molar-refractivity contribution >= 4 is 48.6 Å². The van der Waals surface area contributed by atoms with Gasteiger partial charge in [-0.15, -0.1) is 11.3 Å². The van der Waals surface area contributed by atoms with Crippen molar-refractivity contribution in [3.05, 3.63) is 247 Å². The Morgan fingerprint density at radius 3 is 1.49 bits per heavy atom. The van der Waals surface area contributed by atoms with Crippen LogP contribution in [-0.4, -0.2) is 0 Å². The van der Waals surface area contributed by atoms with Gasteiger partial charge in [-0.1, -0.05) is 182 Å². The van der Waals surface area contributed by atoms with Crippen LogP contribution in [0.15, 0.2) is 224 Å². The van der Waals surface area contributed by atoms with Gasteiger partial charge in [0.05, 0.1) is 5.41 Å². The third kappa shape index (κ3) is 5.37. The van der Waals surface area contributed by atoms with Crippen LogP contribution in [0.1, 0.15) is 22.3 Å². The van der Waals surface area contributed by atoms with Crippen molar-refractivity contribution in [2.75, 3.05) is 4.90 Å². The molecule has 0 fully saturated rings. The maximum Gasteiger partial charge on any atom is 0.0714 e. The summed E-state index contributed by atoms with van der Waals surface area (Å²) in [4.78, 5) is 2.33. The zero-order chi connectivity index (χ0) is 37.8. The number of thiophene rings is 1. The summed E-state index contributed by atoms with van der Waals surface area (Å²) in [6.07, 6.45) is 0. The molecule has 1 heterocycles. The summed E-state index contributed by atoms with van der Waals surface area (Å²) in [6.45, 7) is 0. The monoisotopic (exact) mass is 743 g/mol. The highest BCUT2D eigenvalue weighted by molar-refractivity contribution is 7.26. The lowest BCUT2D eigenvalue weighted by molar-refractivity contribution is 0.769. The maximum absolute atomic E-state index is 2.41. The first-order valence-electron chi connectivity index (χ1n) is 19.6. The number of rotatable bonds is 7. The second kappa shape index (κ2) is 13.6. The molecule has 1 nitrogen and oxygen atoms in total. The van der Waals surface area contributed by atoms with E-state index >= 15 is 0 Å². The third-order valence-corrected chi connectivity index (χ3v) is 13.0. The van der Waals surface area contributed by atoms with Crippen molar-refractivity contribution < 1.29 is 0 Å². The number of para-hydroxylation sites is 1. The lowest BCUT2D eigenvalue weighted by Gasteiger charge is -2.34. The first-order valence-corrected chi connectivity index (χ1v) is 20.4. The lowest BCUT2D eigenvalue weighted by atomic mass is 9.67. The van der Waals surface area contributed by atoms with Gasteiger partial charge >= 0.3 is 0 Å². The Morgan fingerprint density at radius 2 is 0.825 bits per heavy atom. The van der Waals surface area contributed by atoms with E-state index in [0.717, 1.165) is 17.1 Å². The molecule has 10 aromatic rings. The number of nitrogens with zero attached hydrogens (tertiary/aromatic N) is 1. The molecule has 1 aliphatic carbocycles. The van der Waals surface area contributed by atoms with Crippen LogP contribution in [0.4, 0.5) is 17.1 Å². The number of anilines is 3. The van der Waals surface area contributed by atoms with E-state index in [9.17, 15) is 0 Å². The van der Waals surface area contributed by atoms with Crippen LogP contribution in [0.3, 0.4) is 0 Å². The molecule has 2 heteroatoms. The molecule has 0 amide bonds. The van der Waals surface area contributed by atoms with Crippen LogP contribution in [0.2, 0.25) is 0 Å². The third-order valence-electron chi connectivity index (χ3n) is 11.8. The Kier molecular flexibility index (Phi) is 7.98. The SMILES string of the molecule is c1ccc(-c2ccc(N(c3ccccc3)c3ccc(-c4ccc(C5(c6ccccc6)c6ccccc6-c6c5ccc5c6sc6ccccc65)cc4)cc3)cc2)cc1. The van der Waals surface area contributed by atoms with Gasteiger partial charge in [0.25, 0.3) is 0 Å². The van der Waals surface area contributed by atoms with Crippen LogP contribution in [0, 0.1) is 0 Å². The number of hydrogen-bond donors (Lipinski definition) is 0. The van der Waals surface area contributed by atoms with E-state index in [1.165, 1.54) is 75.8 Å². The van der Waals surface area contributed by atoms with Gasteiger partial charge in [-0.3, -0.25) is 0 Å². The molecule has 1 aliphatic rings. The molecule has 11 rings (SSSR count). The molecule has 0 bridgehead atoms. The Balaban J connectivity index is 0.996. The Hall–Kier alpha value is -7.00. The van der Waals surface area contributed by atoms with Crippen LogP contribution >= 0.6 is 11.3 Å². The predicted octanol–water partition coefficient (Wildman–Crippen LogP) is 15.2. The maximum atomic E-state index is 2.41. The van der Waals surface area contributed by atoms with Gasteiger partial charge in [-0.2, -0.15) is 0 Å². The summed E-state index contributed by atoms with van der Waals surface area (Å²) in [6, 6.07) is 82.2. The predicted molar refractivity (Wildman–Crippen MR) is 242 cm³/mol. The average Bonchev–Trinajstić information content (AvgIpc) is 3.82. The minimum absolute atomic E-state index is 0.452. The van der Waals surface area contributed by atoms with Gasteiger partial charge in [0.1, 0.15) is 0 Å². The lowest BCUT2D eigenvalue weighted by Crippen LogP contribution is -2.28. The molecule has 57 heavy (non-hydrogen) atoms. The van der Waals surface area contributed by atoms with E-state index in [1.54, 1.807) is 0 Å². The van der Waals surface area contributed by atoms with Gasteiger partial charge in [-0.05, 0) is 92.5 Å². The van der Waals surface area contributed by atoms with Gasteiger partial charge in [0, 0.05) is 42.8 Å². The molecule has 0 saturated carbocycles. The summed E-state index contributed by atoms with van der Waals surface area (Å²) in [5.74, 6) is 0. The molecule has 9 aromatic carbocycles. The summed E-state index contributed by atoms with van der Waals surface area (Å²) < 4.78 is 2.70. The van der Waals surface area contributed by atoms with Gasteiger partial charge < -0.3 is 4.90 Å². The Labute approximate surface area is 337 Å². The summed E-state index contributed by atoms with van der Waals surface area (Å²) >= 11 is 1.92. The van der Waals surface area contributed by atoms with Crippen LogP contribution < -0.4 is 4.90 Å². The van der Waals surface area contributed by atoms with Crippen molar-refractivity contribution in [2.45, 2.75) is 5.41 Å². The van der Waals surface area contributed by atoms with Crippen LogP contribution in [-0.2, 0) is 5.41 Å². The van der Waals surface area contributed by atoms with Crippen molar-refractivity contribution in [1.29, 1.82) is 0 Å². The Morgan fingerprint density at radius 1 is 0.333 bits per heavy atom. The number of hydrogen-bond acceptors (Lipinski definition) is 2. The highest BCUT2D eigenvalue weighted by Gasteiger charge is 2.46. The van der Waals surface area contributed by atoms with Crippen molar-refractivity contribution in [3.63, 3.8) is 0 Å². The zero-order valence-corrected chi connectivity index (χ0v) is 32.0. The largest absolute Gasteiger partial charge is 0.311 e. The second-order valence-corrected chi connectivity index (χ2v) is 15.9. The fourth-order valence-corrected chi connectivity index (χ4v) is 10.5. The minimum atomic E-state index is -0.452. The highest BCUT2D eigenvalue weighted by Crippen LogP contribution is 2.59. The molecule has 1 atom stereocenters. The molecule has 268 valence electrons. The second-order valence-electron chi connectivity index (χ2n) is 14.8. The standard InChI is InChI=1S/C55H37NS/c1-4-14-38(15-5-1)40-26-32-45(33-27-40)56(44-18-8-3-9-19-44)46-34-28-41(29-35-46)39-24-30-43(31-25-39)55(42-16-6-2-7-17-42)50-22-12-10-21-49(50)53-51(55)37-36-48-47-20-11-13-23-52(47)57-54(48)53/h1-37H. The van der Waals surface area contributed by atoms with E-state index in [0.29, 0.717) is 0 Å². The molecule has 1 unspecified atom stereocenters. The molecule has 0 saturated heterocycles. The van der Waals surface area contributed by atoms with E-state index in [1.807, 2.05) is 11.3 Å². The minimum Gasteiger partial charge on any atom is -0.311 e. The quantitative estimate of drug-likeness (QED) is 0.157. The normalized spacial score (nSPS) is 14.4. The molecule has 0 N–H and O–H groups in total. The highest BCUT2D eigenvalue weighted by atomic mass is 32.1. The van der Waals surface area contributed by atoms with Gasteiger partial charge in [0.2, 0.25) is 0 Å². The first kappa shape index (κ1) is 33.3. The topological polar surface area (TPSA) is 3.24 Å². The molecule has 1 aromatic heterocycles. The molecular formula is C55H37NS. The number of fused-ring (bicyclic) bond motifs is 7. The Bertz CT molecular complexity index is 3020. The summed E-state index contributed by atoms with van der Waals surface area (Å²) in [7, 11) is 0. The van der Waals surface area contributed by atoms with E-state index in [-0.39, 0.29) is 0 Å². The average molecular weight is 744 g/mol. The molecule has 0 aliphatic heterocycles. The van der Waals surface area contributed by atoms with E-state index in [2.05, 4.69) is 229 Å². The summed E-state index contributed by atoms with van der Waals surface area (Å²) in [5.41, 5.74) is 15.6. The fourth-order valence-electron chi connectivity index (χ4n) is 9.19. The van der Waals surface area contributed by atoms with Crippen molar-refractivity contribution in [1.82, 2.24) is 0 Å².